The average Bonchev–Trinajstić information content (AvgIpc) is 2.86. The Morgan fingerprint density at radius 3 is 2.54 bits per heavy atom. The molecule has 0 radical (unpaired) electrons. The summed E-state index contributed by atoms with van der Waals surface area (Å²) in [6.45, 7) is 6.98. The van der Waals surface area contributed by atoms with Crippen LogP contribution in [0.2, 0.25) is 0 Å². The van der Waals surface area contributed by atoms with Crippen molar-refractivity contribution in [2.24, 2.45) is 0 Å². The number of rotatable bonds is 5. The smallest absolute Gasteiger partial charge is 0.240 e. The molecule has 1 aliphatic carbocycles. The van der Waals surface area contributed by atoms with Gasteiger partial charge in [-0.05, 0) is 69.7 Å². The van der Waals surface area contributed by atoms with Crippen molar-refractivity contribution in [2.45, 2.75) is 64.4 Å². The van der Waals surface area contributed by atoms with Gasteiger partial charge in [0.25, 0.3) is 0 Å². The van der Waals surface area contributed by atoms with E-state index in [1.54, 1.807) is 6.07 Å². The number of hydrogen-bond acceptors (Lipinski definition) is 3. The van der Waals surface area contributed by atoms with Crippen molar-refractivity contribution in [3.63, 3.8) is 0 Å². The molecule has 0 amide bonds. The molecule has 2 aromatic rings. The van der Waals surface area contributed by atoms with Crippen LogP contribution in [0.15, 0.2) is 23.1 Å². The molecule has 1 aliphatic rings. The number of hydrogen-bond donors (Lipinski definition) is 1. The Kier molecular flexibility index (Phi) is 4.78. The molecule has 0 atom stereocenters. The summed E-state index contributed by atoms with van der Waals surface area (Å²) in [4.78, 5) is 0.362. The molecular weight excluding hydrogens is 322 g/mol. The topological polar surface area (TPSA) is 64.0 Å². The molecule has 24 heavy (non-hydrogen) atoms. The minimum Gasteiger partial charge on any atom is -0.270 e. The van der Waals surface area contributed by atoms with Crippen LogP contribution in [0.4, 0.5) is 0 Å². The van der Waals surface area contributed by atoms with E-state index in [0.717, 1.165) is 42.8 Å². The SMILES string of the molecule is CCn1nc(C)c(CNS(=O)(=O)c2ccc3c(c2)CCCC3)c1C. The van der Waals surface area contributed by atoms with Crippen LogP contribution in [0.3, 0.4) is 0 Å². The Morgan fingerprint density at radius 2 is 1.88 bits per heavy atom. The monoisotopic (exact) mass is 347 g/mol. The van der Waals surface area contributed by atoms with Crippen molar-refractivity contribution in [2.75, 3.05) is 0 Å². The second kappa shape index (κ2) is 6.69. The molecule has 1 aromatic heterocycles. The summed E-state index contributed by atoms with van der Waals surface area (Å²) in [6, 6.07) is 5.53. The Hall–Kier alpha value is -1.66. The fourth-order valence-electron chi connectivity index (χ4n) is 3.43. The molecule has 0 aliphatic heterocycles. The van der Waals surface area contributed by atoms with E-state index in [1.807, 2.05) is 37.6 Å². The lowest BCUT2D eigenvalue weighted by molar-refractivity contribution is 0.580. The van der Waals surface area contributed by atoms with Gasteiger partial charge in [0.15, 0.2) is 0 Å². The van der Waals surface area contributed by atoms with Gasteiger partial charge in [-0.15, -0.1) is 0 Å². The summed E-state index contributed by atoms with van der Waals surface area (Å²) in [5.41, 5.74) is 5.32. The summed E-state index contributed by atoms with van der Waals surface area (Å²) >= 11 is 0. The lowest BCUT2D eigenvalue weighted by Crippen LogP contribution is -2.24. The van der Waals surface area contributed by atoms with Crippen molar-refractivity contribution in [1.29, 1.82) is 0 Å². The minimum atomic E-state index is -3.51. The fourth-order valence-corrected chi connectivity index (χ4v) is 4.47. The van der Waals surface area contributed by atoms with E-state index in [2.05, 4.69) is 9.82 Å². The quantitative estimate of drug-likeness (QED) is 0.904. The van der Waals surface area contributed by atoms with Crippen molar-refractivity contribution < 1.29 is 8.42 Å². The summed E-state index contributed by atoms with van der Waals surface area (Å²) in [6.07, 6.45) is 4.35. The first-order chi connectivity index (χ1) is 11.4. The largest absolute Gasteiger partial charge is 0.270 e. The number of fused-ring (bicyclic) bond motifs is 1. The third kappa shape index (κ3) is 3.26. The third-order valence-corrected chi connectivity index (χ3v) is 6.30. The van der Waals surface area contributed by atoms with Gasteiger partial charge in [0.2, 0.25) is 10.0 Å². The number of nitrogens with zero attached hydrogens (tertiary/aromatic N) is 2. The fraction of sp³-hybridized carbons (Fsp3) is 0.500. The molecule has 1 heterocycles. The zero-order valence-corrected chi connectivity index (χ0v) is 15.4. The van der Waals surface area contributed by atoms with Crippen LogP contribution in [0.25, 0.3) is 0 Å². The van der Waals surface area contributed by atoms with Crippen LogP contribution in [0.5, 0.6) is 0 Å². The van der Waals surface area contributed by atoms with E-state index in [9.17, 15) is 8.42 Å². The Bertz CT molecular complexity index is 853. The third-order valence-electron chi connectivity index (χ3n) is 4.90. The van der Waals surface area contributed by atoms with Gasteiger partial charge in [-0.1, -0.05) is 6.07 Å². The molecule has 130 valence electrons. The highest BCUT2D eigenvalue weighted by Crippen LogP contribution is 2.24. The van der Waals surface area contributed by atoms with Gasteiger partial charge in [0, 0.05) is 24.3 Å². The van der Waals surface area contributed by atoms with Gasteiger partial charge >= 0.3 is 0 Å². The average molecular weight is 347 g/mol. The predicted octanol–water partition coefficient (Wildman–Crippen LogP) is 2.88. The molecule has 0 unspecified atom stereocenters. The van der Waals surface area contributed by atoms with Crippen LogP contribution in [0.1, 0.15) is 47.8 Å². The zero-order chi connectivity index (χ0) is 17.3. The molecule has 0 spiro atoms. The number of aryl methyl sites for hydroxylation is 4. The van der Waals surface area contributed by atoms with Crippen LogP contribution < -0.4 is 4.72 Å². The zero-order valence-electron chi connectivity index (χ0n) is 14.6. The van der Waals surface area contributed by atoms with E-state index >= 15 is 0 Å². The van der Waals surface area contributed by atoms with Gasteiger partial charge in [0.1, 0.15) is 0 Å². The Morgan fingerprint density at radius 1 is 1.17 bits per heavy atom. The molecule has 6 heteroatoms. The summed E-state index contributed by atoms with van der Waals surface area (Å²) in [5, 5.41) is 4.44. The molecule has 0 saturated heterocycles. The first kappa shape index (κ1) is 17.2. The van der Waals surface area contributed by atoms with Gasteiger partial charge in [0.05, 0.1) is 10.6 Å². The van der Waals surface area contributed by atoms with Gasteiger partial charge in [-0.2, -0.15) is 5.10 Å². The second-order valence-corrected chi connectivity index (χ2v) is 8.19. The first-order valence-electron chi connectivity index (χ1n) is 8.56. The van der Waals surface area contributed by atoms with E-state index in [4.69, 9.17) is 0 Å². The Balaban J connectivity index is 1.81. The van der Waals surface area contributed by atoms with Gasteiger partial charge in [-0.3, -0.25) is 4.68 Å². The number of aromatic nitrogens is 2. The Labute approximate surface area is 144 Å². The maximum atomic E-state index is 12.7. The number of nitrogens with one attached hydrogen (secondary N) is 1. The summed E-state index contributed by atoms with van der Waals surface area (Å²) < 4.78 is 29.9. The standard InChI is InChI=1S/C18H25N3O2S/c1-4-21-14(3)18(13(2)20-21)12-19-24(22,23)17-10-9-15-7-5-6-8-16(15)11-17/h9-11,19H,4-8,12H2,1-3H3. The predicted molar refractivity (Wildman–Crippen MR) is 94.5 cm³/mol. The molecular formula is C18H25N3O2S. The molecule has 3 rings (SSSR count). The summed E-state index contributed by atoms with van der Waals surface area (Å²) in [7, 11) is -3.51. The molecule has 0 bridgehead atoms. The second-order valence-electron chi connectivity index (χ2n) is 6.43. The van der Waals surface area contributed by atoms with Crippen LogP contribution in [-0.4, -0.2) is 18.2 Å². The maximum absolute atomic E-state index is 12.7. The van der Waals surface area contributed by atoms with Crippen LogP contribution in [0, 0.1) is 13.8 Å². The maximum Gasteiger partial charge on any atom is 0.240 e. The molecule has 1 aromatic carbocycles. The normalized spacial score (nSPS) is 14.6. The van der Waals surface area contributed by atoms with E-state index < -0.39 is 10.0 Å². The summed E-state index contributed by atoms with van der Waals surface area (Å²) in [5.74, 6) is 0. The highest BCUT2D eigenvalue weighted by molar-refractivity contribution is 7.89. The van der Waals surface area contributed by atoms with Crippen LogP contribution >= 0.6 is 0 Å². The molecule has 1 N–H and O–H groups in total. The van der Waals surface area contributed by atoms with Crippen LogP contribution in [-0.2, 0) is 36.0 Å². The van der Waals surface area contributed by atoms with Crippen molar-refractivity contribution in [1.82, 2.24) is 14.5 Å². The minimum absolute atomic E-state index is 0.275. The first-order valence-corrected chi connectivity index (χ1v) is 10.0. The highest BCUT2D eigenvalue weighted by atomic mass is 32.2. The lowest BCUT2D eigenvalue weighted by atomic mass is 9.92. The lowest BCUT2D eigenvalue weighted by Gasteiger charge is -2.16. The molecule has 5 nitrogen and oxygen atoms in total. The van der Waals surface area contributed by atoms with E-state index in [1.165, 1.54) is 17.5 Å². The number of benzene rings is 1. The van der Waals surface area contributed by atoms with Crippen molar-refractivity contribution in [3.8, 4) is 0 Å². The van der Waals surface area contributed by atoms with Crippen molar-refractivity contribution >= 4 is 10.0 Å². The van der Waals surface area contributed by atoms with E-state index in [-0.39, 0.29) is 6.54 Å². The highest BCUT2D eigenvalue weighted by Gasteiger charge is 2.19. The van der Waals surface area contributed by atoms with E-state index in [0.29, 0.717) is 4.90 Å². The molecule has 0 fully saturated rings. The number of sulfonamides is 1. The molecule has 0 saturated carbocycles. The van der Waals surface area contributed by atoms with Gasteiger partial charge < -0.3 is 0 Å². The van der Waals surface area contributed by atoms with Crippen molar-refractivity contribution in [3.05, 3.63) is 46.3 Å². The van der Waals surface area contributed by atoms with Gasteiger partial charge in [-0.25, -0.2) is 13.1 Å².